The Kier molecular flexibility index (Phi) is 3.99. The number of ether oxygens (including phenoxy) is 2. The molecule has 0 saturated heterocycles. The number of benzene rings is 1. The van der Waals surface area contributed by atoms with E-state index < -0.39 is 0 Å². The quantitative estimate of drug-likeness (QED) is 0.599. The smallest absolute Gasteiger partial charge is 0.122 e. The van der Waals surface area contributed by atoms with Crippen molar-refractivity contribution in [3.63, 3.8) is 0 Å². The number of fused-ring (bicyclic) bond motifs is 1. The van der Waals surface area contributed by atoms with Crippen LogP contribution in [-0.2, 0) is 4.74 Å². The van der Waals surface area contributed by atoms with E-state index in [1.165, 1.54) is 5.56 Å². The molecule has 2 unspecified atom stereocenters. The SMILES string of the molecule is CC(C)OCC(NN)C1COc2ccccc21. The van der Waals surface area contributed by atoms with Crippen LogP contribution in [0.4, 0.5) is 0 Å². The highest BCUT2D eigenvalue weighted by atomic mass is 16.5. The minimum absolute atomic E-state index is 0.0843. The minimum atomic E-state index is 0.0843. The van der Waals surface area contributed by atoms with Crippen LogP contribution in [0.25, 0.3) is 0 Å². The van der Waals surface area contributed by atoms with Crippen molar-refractivity contribution in [3.8, 4) is 5.75 Å². The monoisotopic (exact) mass is 236 g/mol. The molecule has 4 nitrogen and oxygen atoms in total. The number of nitrogens with two attached hydrogens (primary N) is 1. The topological polar surface area (TPSA) is 56.5 Å². The lowest BCUT2D eigenvalue weighted by molar-refractivity contribution is 0.0537. The summed E-state index contributed by atoms with van der Waals surface area (Å²) in [5, 5.41) is 0. The van der Waals surface area contributed by atoms with Crippen LogP contribution in [0, 0.1) is 0 Å². The second-order valence-electron chi connectivity index (χ2n) is 4.61. The van der Waals surface area contributed by atoms with Gasteiger partial charge in [0.05, 0.1) is 25.4 Å². The molecular formula is C13H20N2O2. The van der Waals surface area contributed by atoms with Crippen LogP contribution in [-0.4, -0.2) is 25.4 Å². The lowest BCUT2D eigenvalue weighted by Crippen LogP contribution is -2.44. The molecule has 2 atom stereocenters. The average Bonchev–Trinajstić information content (AvgIpc) is 2.74. The molecule has 0 bridgehead atoms. The third-order valence-electron chi connectivity index (χ3n) is 3.05. The van der Waals surface area contributed by atoms with E-state index in [0.717, 1.165) is 5.75 Å². The lowest BCUT2D eigenvalue weighted by Gasteiger charge is -2.22. The van der Waals surface area contributed by atoms with Gasteiger partial charge in [0.25, 0.3) is 0 Å². The molecule has 0 aromatic heterocycles. The van der Waals surface area contributed by atoms with Crippen molar-refractivity contribution in [3.05, 3.63) is 29.8 Å². The summed E-state index contributed by atoms with van der Waals surface area (Å²) in [5.41, 5.74) is 4.05. The molecule has 3 N–H and O–H groups in total. The van der Waals surface area contributed by atoms with E-state index in [0.29, 0.717) is 13.2 Å². The first-order chi connectivity index (χ1) is 8.22. The zero-order chi connectivity index (χ0) is 12.3. The second kappa shape index (κ2) is 5.49. The number of para-hydroxylation sites is 1. The molecule has 1 aromatic rings. The molecule has 1 aromatic carbocycles. The minimum Gasteiger partial charge on any atom is -0.493 e. The Bertz CT molecular complexity index is 368. The number of hydrazine groups is 1. The number of hydrogen-bond acceptors (Lipinski definition) is 4. The average molecular weight is 236 g/mol. The van der Waals surface area contributed by atoms with E-state index >= 15 is 0 Å². The summed E-state index contributed by atoms with van der Waals surface area (Å²) >= 11 is 0. The number of nitrogens with one attached hydrogen (secondary N) is 1. The summed E-state index contributed by atoms with van der Waals surface area (Å²) in [6.45, 7) is 5.30. The van der Waals surface area contributed by atoms with Crippen LogP contribution in [0.2, 0.25) is 0 Å². The maximum absolute atomic E-state index is 5.65. The Hall–Kier alpha value is -1.10. The molecule has 0 saturated carbocycles. The van der Waals surface area contributed by atoms with Gasteiger partial charge in [0, 0.05) is 11.5 Å². The van der Waals surface area contributed by atoms with Crippen LogP contribution in [0.1, 0.15) is 25.3 Å². The van der Waals surface area contributed by atoms with E-state index in [9.17, 15) is 0 Å². The fourth-order valence-corrected chi connectivity index (χ4v) is 2.10. The Balaban J connectivity index is 2.06. The summed E-state index contributed by atoms with van der Waals surface area (Å²) in [6.07, 6.45) is 0.211. The van der Waals surface area contributed by atoms with Gasteiger partial charge < -0.3 is 9.47 Å². The molecule has 0 amide bonds. The Morgan fingerprint density at radius 1 is 1.47 bits per heavy atom. The van der Waals surface area contributed by atoms with Gasteiger partial charge in [-0.15, -0.1) is 0 Å². The van der Waals surface area contributed by atoms with E-state index in [1.54, 1.807) is 0 Å². The van der Waals surface area contributed by atoms with Gasteiger partial charge in [0.1, 0.15) is 5.75 Å². The van der Waals surface area contributed by atoms with Crippen LogP contribution in [0.5, 0.6) is 5.75 Å². The first-order valence-electron chi connectivity index (χ1n) is 6.02. The Morgan fingerprint density at radius 3 is 2.94 bits per heavy atom. The lowest BCUT2D eigenvalue weighted by atomic mass is 9.94. The molecule has 2 rings (SSSR count). The predicted molar refractivity (Wildman–Crippen MR) is 66.9 cm³/mol. The molecule has 4 heteroatoms. The van der Waals surface area contributed by atoms with Gasteiger partial charge in [-0.3, -0.25) is 11.3 Å². The predicted octanol–water partition coefficient (Wildman–Crippen LogP) is 1.42. The highest BCUT2D eigenvalue weighted by Crippen LogP contribution is 2.35. The molecule has 0 radical (unpaired) electrons. The van der Waals surface area contributed by atoms with Gasteiger partial charge in [-0.2, -0.15) is 0 Å². The van der Waals surface area contributed by atoms with Gasteiger partial charge in [-0.25, -0.2) is 0 Å². The zero-order valence-electron chi connectivity index (χ0n) is 10.3. The van der Waals surface area contributed by atoms with Crippen LogP contribution < -0.4 is 16.0 Å². The normalized spacial score (nSPS) is 20.1. The van der Waals surface area contributed by atoms with Gasteiger partial charge in [0.15, 0.2) is 0 Å². The fourth-order valence-electron chi connectivity index (χ4n) is 2.10. The fraction of sp³-hybridized carbons (Fsp3) is 0.538. The highest BCUT2D eigenvalue weighted by Gasteiger charge is 2.30. The number of rotatable bonds is 5. The van der Waals surface area contributed by atoms with E-state index in [-0.39, 0.29) is 18.1 Å². The van der Waals surface area contributed by atoms with E-state index in [4.69, 9.17) is 15.3 Å². The standard InChI is InChI=1S/C13H20N2O2/c1-9(2)16-8-12(15-14)11-7-17-13-6-4-3-5-10(11)13/h3-6,9,11-12,15H,7-8,14H2,1-2H3. The molecule has 1 aliphatic heterocycles. The van der Waals surface area contributed by atoms with Crippen molar-refractivity contribution < 1.29 is 9.47 Å². The van der Waals surface area contributed by atoms with Crippen molar-refractivity contribution >= 4 is 0 Å². The third-order valence-corrected chi connectivity index (χ3v) is 3.05. The van der Waals surface area contributed by atoms with Crippen LogP contribution in [0.3, 0.4) is 0 Å². The first kappa shape index (κ1) is 12.4. The van der Waals surface area contributed by atoms with Crippen molar-refractivity contribution in [1.82, 2.24) is 5.43 Å². The van der Waals surface area contributed by atoms with Crippen molar-refractivity contribution in [2.45, 2.75) is 31.9 Å². The molecule has 0 spiro atoms. The van der Waals surface area contributed by atoms with Crippen LogP contribution in [0.15, 0.2) is 24.3 Å². The third kappa shape index (κ3) is 2.77. The highest BCUT2D eigenvalue weighted by molar-refractivity contribution is 5.40. The van der Waals surface area contributed by atoms with Gasteiger partial charge >= 0.3 is 0 Å². The second-order valence-corrected chi connectivity index (χ2v) is 4.61. The molecule has 0 fully saturated rings. The molecule has 94 valence electrons. The van der Waals surface area contributed by atoms with Crippen molar-refractivity contribution in [1.29, 1.82) is 0 Å². The first-order valence-corrected chi connectivity index (χ1v) is 6.02. The van der Waals surface area contributed by atoms with E-state index in [1.807, 2.05) is 32.0 Å². The van der Waals surface area contributed by atoms with Crippen molar-refractivity contribution in [2.24, 2.45) is 5.84 Å². The zero-order valence-corrected chi connectivity index (χ0v) is 10.3. The summed E-state index contributed by atoms with van der Waals surface area (Å²) < 4.78 is 11.3. The summed E-state index contributed by atoms with van der Waals surface area (Å²) in [4.78, 5) is 0. The maximum atomic E-state index is 5.65. The molecule has 0 aliphatic carbocycles. The van der Waals surface area contributed by atoms with E-state index in [2.05, 4.69) is 11.5 Å². The number of hydrogen-bond donors (Lipinski definition) is 2. The summed E-state index contributed by atoms with van der Waals surface area (Å²) in [7, 11) is 0. The maximum Gasteiger partial charge on any atom is 0.122 e. The van der Waals surface area contributed by atoms with Gasteiger partial charge in [-0.1, -0.05) is 18.2 Å². The van der Waals surface area contributed by atoms with Gasteiger partial charge in [0.2, 0.25) is 0 Å². The molecule has 17 heavy (non-hydrogen) atoms. The summed E-state index contributed by atoms with van der Waals surface area (Å²) in [6, 6.07) is 8.17. The van der Waals surface area contributed by atoms with Crippen molar-refractivity contribution in [2.75, 3.05) is 13.2 Å². The molecule has 1 heterocycles. The van der Waals surface area contributed by atoms with Crippen LogP contribution >= 0.6 is 0 Å². The Morgan fingerprint density at radius 2 is 2.24 bits per heavy atom. The molecule has 1 aliphatic rings. The Labute approximate surface area is 102 Å². The van der Waals surface area contributed by atoms with Gasteiger partial charge in [-0.05, 0) is 19.9 Å². The largest absolute Gasteiger partial charge is 0.493 e. The molecular weight excluding hydrogens is 216 g/mol. The summed E-state index contributed by atoms with van der Waals surface area (Å²) in [5.74, 6) is 6.83.